The molecule has 2 rings (SSSR count). The van der Waals surface area contributed by atoms with Crippen LogP contribution in [0.2, 0.25) is 0 Å². The number of amides is 1. The zero-order chi connectivity index (χ0) is 16.5. The van der Waals surface area contributed by atoms with Gasteiger partial charge in [-0.2, -0.15) is 4.98 Å². The van der Waals surface area contributed by atoms with Gasteiger partial charge < -0.3 is 20.7 Å². The molecule has 0 saturated carbocycles. The highest BCUT2D eigenvalue weighted by Crippen LogP contribution is 2.17. The van der Waals surface area contributed by atoms with Crippen molar-refractivity contribution in [1.82, 2.24) is 9.97 Å². The first-order valence-corrected chi connectivity index (χ1v) is 7.38. The van der Waals surface area contributed by atoms with Crippen LogP contribution in [0.25, 0.3) is 0 Å². The molecule has 122 valence electrons. The Kier molecular flexibility index (Phi) is 6.31. The molecule has 1 aromatic heterocycles. The van der Waals surface area contributed by atoms with E-state index in [0.717, 1.165) is 30.2 Å². The molecule has 1 amide bonds. The third kappa shape index (κ3) is 5.91. The SMILES string of the molecule is COCCCNc1ccnc(Nc2ccc(NC(C)=O)cc2)n1. The highest BCUT2D eigenvalue weighted by molar-refractivity contribution is 5.88. The number of methoxy groups -OCH3 is 1. The van der Waals surface area contributed by atoms with Gasteiger partial charge in [-0.3, -0.25) is 4.79 Å². The molecule has 0 aliphatic carbocycles. The van der Waals surface area contributed by atoms with Gasteiger partial charge in [-0.15, -0.1) is 0 Å². The number of anilines is 4. The van der Waals surface area contributed by atoms with Crippen LogP contribution in [0.3, 0.4) is 0 Å². The van der Waals surface area contributed by atoms with Crippen LogP contribution in [0.4, 0.5) is 23.1 Å². The van der Waals surface area contributed by atoms with Crippen LogP contribution >= 0.6 is 0 Å². The first-order valence-electron chi connectivity index (χ1n) is 7.38. The molecule has 0 atom stereocenters. The predicted molar refractivity (Wildman–Crippen MR) is 91.0 cm³/mol. The Labute approximate surface area is 135 Å². The van der Waals surface area contributed by atoms with Gasteiger partial charge in [-0.1, -0.05) is 0 Å². The summed E-state index contributed by atoms with van der Waals surface area (Å²) >= 11 is 0. The second-order valence-electron chi connectivity index (χ2n) is 4.92. The van der Waals surface area contributed by atoms with Crippen molar-refractivity contribution < 1.29 is 9.53 Å². The molecule has 1 aromatic carbocycles. The van der Waals surface area contributed by atoms with E-state index in [1.165, 1.54) is 6.92 Å². The molecule has 7 heteroatoms. The fraction of sp³-hybridized carbons (Fsp3) is 0.312. The topological polar surface area (TPSA) is 88.2 Å². The minimum absolute atomic E-state index is 0.0960. The minimum atomic E-state index is -0.0960. The zero-order valence-corrected chi connectivity index (χ0v) is 13.3. The average molecular weight is 315 g/mol. The number of hydrogen-bond acceptors (Lipinski definition) is 6. The number of carbonyl (C=O) groups excluding carboxylic acids is 1. The maximum Gasteiger partial charge on any atom is 0.229 e. The van der Waals surface area contributed by atoms with E-state index in [1.54, 1.807) is 13.3 Å². The fourth-order valence-electron chi connectivity index (χ4n) is 1.92. The largest absolute Gasteiger partial charge is 0.385 e. The van der Waals surface area contributed by atoms with E-state index in [4.69, 9.17) is 4.74 Å². The van der Waals surface area contributed by atoms with Crippen LogP contribution in [0.1, 0.15) is 13.3 Å². The zero-order valence-electron chi connectivity index (χ0n) is 13.3. The number of aromatic nitrogens is 2. The van der Waals surface area contributed by atoms with Crippen molar-refractivity contribution in [2.24, 2.45) is 0 Å². The van der Waals surface area contributed by atoms with Crippen LogP contribution < -0.4 is 16.0 Å². The Morgan fingerprint density at radius 2 is 1.91 bits per heavy atom. The van der Waals surface area contributed by atoms with E-state index in [0.29, 0.717) is 12.6 Å². The number of nitrogens with zero attached hydrogens (tertiary/aromatic N) is 2. The lowest BCUT2D eigenvalue weighted by Crippen LogP contribution is -2.07. The summed E-state index contributed by atoms with van der Waals surface area (Å²) in [5.74, 6) is 1.17. The summed E-state index contributed by atoms with van der Waals surface area (Å²) in [6.45, 7) is 2.98. The Bertz CT molecular complexity index is 631. The highest BCUT2D eigenvalue weighted by atomic mass is 16.5. The van der Waals surface area contributed by atoms with Crippen molar-refractivity contribution in [1.29, 1.82) is 0 Å². The molecule has 0 fully saturated rings. The van der Waals surface area contributed by atoms with Gasteiger partial charge in [0.05, 0.1) is 0 Å². The van der Waals surface area contributed by atoms with Crippen LogP contribution in [-0.2, 0) is 9.53 Å². The Balaban J connectivity index is 1.93. The van der Waals surface area contributed by atoms with Gasteiger partial charge in [0.2, 0.25) is 11.9 Å². The molecule has 0 bridgehead atoms. The number of carbonyl (C=O) groups is 1. The summed E-state index contributed by atoms with van der Waals surface area (Å²) in [7, 11) is 1.68. The van der Waals surface area contributed by atoms with Crippen molar-refractivity contribution in [3.63, 3.8) is 0 Å². The average Bonchev–Trinajstić information content (AvgIpc) is 2.53. The van der Waals surface area contributed by atoms with Gasteiger partial charge in [0, 0.05) is 44.8 Å². The normalized spacial score (nSPS) is 10.2. The molecule has 0 aliphatic rings. The Morgan fingerprint density at radius 3 is 2.61 bits per heavy atom. The lowest BCUT2D eigenvalue weighted by atomic mass is 10.3. The smallest absolute Gasteiger partial charge is 0.229 e. The van der Waals surface area contributed by atoms with Crippen LogP contribution in [0.15, 0.2) is 36.5 Å². The van der Waals surface area contributed by atoms with E-state index in [2.05, 4.69) is 25.9 Å². The van der Waals surface area contributed by atoms with Gasteiger partial charge in [-0.05, 0) is 36.8 Å². The molecule has 0 aliphatic heterocycles. The third-order valence-corrected chi connectivity index (χ3v) is 2.95. The van der Waals surface area contributed by atoms with E-state index in [-0.39, 0.29) is 5.91 Å². The lowest BCUT2D eigenvalue weighted by Gasteiger charge is -2.09. The van der Waals surface area contributed by atoms with Crippen molar-refractivity contribution in [3.8, 4) is 0 Å². The maximum atomic E-state index is 11.0. The van der Waals surface area contributed by atoms with E-state index in [1.807, 2.05) is 30.3 Å². The summed E-state index contributed by atoms with van der Waals surface area (Å²) in [5, 5.41) is 9.06. The van der Waals surface area contributed by atoms with Crippen molar-refractivity contribution >= 4 is 29.0 Å². The lowest BCUT2D eigenvalue weighted by molar-refractivity contribution is -0.114. The third-order valence-electron chi connectivity index (χ3n) is 2.95. The molecular formula is C16H21N5O2. The summed E-state index contributed by atoms with van der Waals surface area (Å²) in [6.07, 6.45) is 2.60. The molecule has 23 heavy (non-hydrogen) atoms. The maximum absolute atomic E-state index is 11.0. The molecule has 1 heterocycles. The molecule has 0 saturated heterocycles. The molecule has 0 radical (unpaired) electrons. The van der Waals surface area contributed by atoms with E-state index < -0.39 is 0 Å². The number of ether oxygens (including phenoxy) is 1. The van der Waals surface area contributed by atoms with Gasteiger partial charge in [0.1, 0.15) is 5.82 Å². The van der Waals surface area contributed by atoms with Crippen molar-refractivity contribution in [3.05, 3.63) is 36.5 Å². The molecule has 3 N–H and O–H groups in total. The fourth-order valence-corrected chi connectivity index (χ4v) is 1.92. The van der Waals surface area contributed by atoms with Crippen LogP contribution in [0, 0.1) is 0 Å². The van der Waals surface area contributed by atoms with E-state index >= 15 is 0 Å². The quantitative estimate of drug-likeness (QED) is 0.649. The summed E-state index contributed by atoms with van der Waals surface area (Å²) in [5.41, 5.74) is 1.59. The first-order chi connectivity index (χ1) is 11.2. The van der Waals surface area contributed by atoms with E-state index in [9.17, 15) is 4.79 Å². The Morgan fingerprint density at radius 1 is 1.17 bits per heavy atom. The summed E-state index contributed by atoms with van der Waals surface area (Å²) < 4.78 is 5.00. The highest BCUT2D eigenvalue weighted by Gasteiger charge is 2.01. The standard InChI is InChI=1S/C16H21N5O2/c1-12(22)19-13-4-6-14(7-5-13)20-16-18-10-8-15(21-16)17-9-3-11-23-2/h4-8,10H,3,9,11H2,1-2H3,(H,19,22)(H2,17,18,20,21). The van der Waals surface area contributed by atoms with Gasteiger partial charge in [-0.25, -0.2) is 4.98 Å². The molecule has 2 aromatic rings. The summed E-state index contributed by atoms with van der Waals surface area (Å²) in [6, 6.07) is 9.16. The van der Waals surface area contributed by atoms with Crippen LogP contribution in [0.5, 0.6) is 0 Å². The van der Waals surface area contributed by atoms with Crippen molar-refractivity contribution in [2.75, 3.05) is 36.2 Å². The van der Waals surface area contributed by atoms with Gasteiger partial charge in [0.25, 0.3) is 0 Å². The molecule has 0 spiro atoms. The number of nitrogens with one attached hydrogen (secondary N) is 3. The summed E-state index contributed by atoms with van der Waals surface area (Å²) in [4.78, 5) is 19.6. The monoisotopic (exact) mass is 315 g/mol. The number of rotatable bonds is 8. The first kappa shape index (κ1) is 16.7. The number of hydrogen-bond donors (Lipinski definition) is 3. The van der Waals surface area contributed by atoms with Gasteiger partial charge in [0.15, 0.2) is 0 Å². The van der Waals surface area contributed by atoms with Gasteiger partial charge >= 0.3 is 0 Å². The second-order valence-corrected chi connectivity index (χ2v) is 4.92. The Hall–Kier alpha value is -2.67. The van der Waals surface area contributed by atoms with Crippen LogP contribution in [-0.4, -0.2) is 36.1 Å². The molecular weight excluding hydrogens is 294 g/mol. The number of benzene rings is 1. The minimum Gasteiger partial charge on any atom is -0.385 e. The molecule has 0 unspecified atom stereocenters. The van der Waals surface area contributed by atoms with Crippen molar-refractivity contribution in [2.45, 2.75) is 13.3 Å². The molecule has 7 nitrogen and oxygen atoms in total. The predicted octanol–water partition coefficient (Wildman–Crippen LogP) is 2.63. The second kappa shape index (κ2) is 8.70.